The zero-order chi connectivity index (χ0) is 15.1. The number of esters is 1. The molecule has 0 bridgehead atoms. The van der Waals surface area contributed by atoms with Crippen molar-refractivity contribution in [1.29, 1.82) is 0 Å². The summed E-state index contributed by atoms with van der Waals surface area (Å²) in [7, 11) is 0. The fraction of sp³-hybridized carbons (Fsp3) is 0.167. The summed E-state index contributed by atoms with van der Waals surface area (Å²) in [6, 6.07) is 9.86. The van der Waals surface area contributed by atoms with Crippen LogP contribution in [0.15, 0.2) is 73.4 Å². The van der Waals surface area contributed by atoms with Crippen LogP contribution in [0.5, 0.6) is 0 Å². The standard InChI is InChI=1S/C18H18O3/c1-3-4-10-16(12-11-15-8-6-5-7-9-15)14(2)18(19)21-17-13-20-17/h3-12,16-17H,1-2,13H2. The van der Waals surface area contributed by atoms with Gasteiger partial charge in [0.05, 0.1) is 0 Å². The fourth-order valence-corrected chi connectivity index (χ4v) is 1.71. The maximum Gasteiger partial charge on any atom is 0.336 e. The van der Waals surface area contributed by atoms with Gasteiger partial charge in [-0.3, -0.25) is 0 Å². The molecule has 2 unspecified atom stereocenters. The molecular formula is C18H18O3. The minimum atomic E-state index is -0.436. The first kappa shape index (κ1) is 15.0. The lowest BCUT2D eigenvalue weighted by molar-refractivity contribution is -0.144. The van der Waals surface area contributed by atoms with Gasteiger partial charge >= 0.3 is 5.97 Å². The van der Waals surface area contributed by atoms with Crippen molar-refractivity contribution in [2.24, 2.45) is 5.92 Å². The predicted octanol–water partition coefficient (Wildman–Crippen LogP) is 3.51. The Labute approximate surface area is 124 Å². The second kappa shape index (κ2) is 7.41. The third-order valence-corrected chi connectivity index (χ3v) is 2.96. The Kier molecular flexibility index (Phi) is 5.29. The van der Waals surface area contributed by atoms with Gasteiger partial charge in [0.15, 0.2) is 0 Å². The fourth-order valence-electron chi connectivity index (χ4n) is 1.71. The number of epoxide rings is 1. The molecule has 0 N–H and O–H groups in total. The van der Waals surface area contributed by atoms with E-state index in [1.54, 1.807) is 12.2 Å². The first-order chi connectivity index (χ1) is 10.2. The van der Waals surface area contributed by atoms with Crippen LogP contribution in [-0.2, 0) is 14.3 Å². The van der Waals surface area contributed by atoms with Crippen LogP contribution in [0.3, 0.4) is 0 Å². The highest BCUT2D eigenvalue weighted by Crippen LogP contribution is 2.20. The van der Waals surface area contributed by atoms with Crippen LogP contribution >= 0.6 is 0 Å². The highest BCUT2D eigenvalue weighted by molar-refractivity contribution is 5.89. The van der Waals surface area contributed by atoms with Crippen molar-refractivity contribution in [2.75, 3.05) is 6.61 Å². The van der Waals surface area contributed by atoms with Gasteiger partial charge in [-0.15, -0.1) is 0 Å². The predicted molar refractivity (Wildman–Crippen MR) is 83.3 cm³/mol. The largest absolute Gasteiger partial charge is 0.430 e. The van der Waals surface area contributed by atoms with E-state index in [9.17, 15) is 4.79 Å². The van der Waals surface area contributed by atoms with Gasteiger partial charge in [0.1, 0.15) is 6.61 Å². The number of benzene rings is 1. The lowest BCUT2D eigenvalue weighted by atomic mass is 9.98. The number of hydrogen-bond donors (Lipinski definition) is 0. The van der Waals surface area contributed by atoms with Crippen molar-refractivity contribution in [3.8, 4) is 0 Å². The number of carbonyl (C=O) groups excluding carboxylic acids is 1. The van der Waals surface area contributed by atoms with Gasteiger partial charge in [0.25, 0.3) is 0 Å². The zero-order valence-corrected chi connectivity index (χ0v) is 11.8. The van der Waals surface area contributed by atoms with Crippen LogP contribution in [0.1, 0.15) is 5.56 Å². The van der Waals surface area contributed by atoms with Crippen molar-refractivity contribution in [2.45, 2.75) is 6.29 Å². The summed E-state index contributed by atoms with van der Waals surface area (Å²) >= 11 is 0. The van der Waals surface area contributed by atoms with Crippen molar-refractivity contribution in [1.82, 2.24) is 0 Å². The summed E-state index contributed by atoms with van der Waals surface area (Å²) in [6.45, 7) is 7.94. The number of allylic oxidation sites excluding steroid dienone is 4. The maximum absolute atomic E-state index is 11.9. The molecule has 1 saturated heterocycles. The lowest BCUT2D eigenvalue weighted by Gasteiger charge is -2.10. The van der Waals surface area contributed by atoms with Crippen molar-refractivity contribution in [3.63, 3.8) is 0 Å². The first-order valence-corrected chi connectivity index (χ1v) is 6.74. The number of hydrogen-bond acceptors (Lipinski definition) is 3. The maximum atomic E-state index is 11.9. The molecule has 0 saturated carbocycles. The van der Waals surface area contributed by atoms with E-state index in [1.165, 1.54) is 0 Å². The van der Waals surface area contributed by atoms with Gasteiger partial charge in [-0.05, 0) is 5.56 Å². The van der Waals surface area contributed by atoms with Gasteiger partial charge in [-0.25, -0.2) is 4.79 Å². The van der Waals surface area contributed by atoms with Gasteiger partial charge < -0.3 is 9.47 Å². The summed E-state index contributed by atoms with van der Waals surface area (Å²) in [4.78, 5) is 11.9. The Balaban J connectivity index is 2.07. The van der Waals surface area contributed by atoms with Gasteiger partial charge in [0.2, 0.25) is 6.29 Å². The molecule has 0 aliphatic carbocycles. The quantitative estimate of drug-likeness (QED) is 0.332. The third-order valence-electron chi connectivity index (χ3n) is 2.96. The van der Waals surface area contributed by atoms with Crippen LogP contribution in [0.2, 0.25) is 0 Å². The Morgan fingerprint density at radius 3 is 2.67 bits per heavy atom. The Morgan fingerprint density at radius 2 is 2.05 bits per heavy atom. The van der Waals surface area contributed by atoms with E-state index in [0.717, 1.165) is 5.56 Å². The second-order valence-electron chi connectivity index (χ2n) is 4.61. The third kappa shape index (κ3) is 4.89. The van der Waals surface area contributed by atoms with E-state index in [1.807, 2.05) is 48.6 Å². The zero-order valence-electron chi connectivity index (χ0n) is 11.8. The van der Waals surface area contributed by atoms with E-state index in [2.05, 4.69) is 13.2 Å². The summed E-state index contributed by atoms with van der Waals surface area (Å²) in [5.74, 6) is -0.677. The average molecular weight is 282 g/mol. The molecule has 3 heteroatoms. The minimum Gasteiger partial charge on any atom is -0.430 e. The van der Waals surface area contributed by atoms with E-state index in [-0.39, 0.29) is 5.92 Å². The molecule has 1 fully saturated rings. The summed E-state index contributed by atoms with van der Waals surface area (Å²) in [5, 5.41) is 0. The number of ether oxygens (including phenoxy) is 2. The summed E-state index contributed by atoms with van der Waals surface area (Å²) in [6.07, 6.45) is 8.75. The van der Waals surface area contributed by atoms with Crippen molar-refractivity contribution >= 4 is 12.0 Å². The summed E-state index contributed by atoms with van der Waals surface area (Å²) in [5.41, 5.74) is 1.43. The first-order valence-electron chi connectivity index (χ1n) is 6.74. The molecule has 21 heavy (non-hydrogen) atoms. The highest BCUT2D eigenvalue weighted by Gasteiger charge is 2.29. The molecule has 1 aromatic rings. The van der Waals surface area contributed by atoms with Gasteiger partial charge in [-0.2, -0.15) is 0 Å². The second-order valence-corrected chi connectivity index (χ2v) is 4.61. The average Bonchev–Trinajstić information content (AvgIpc) is 3.31. The topological polar surface area (TPSA) is 38.8 Å². The monoisotopic (exact) mass is 282 g/mol. The molecule has 108 valence electrons. The van der Waals surface area contributed by atoms with Gasteiger partial charge in [-0.1, -0.05) is 73.9 Å². The van der Waals surface area contributed by atoms with Crippen LogP contribution in [0.25, 0.3) is 6.08 Å². The van der Waals surface area contributed by atoms with Crippen molar-refractivity contribution < 1.29 is 14.3 Å². The smallest absolute Gasteiger partial charge is 0.336 e. The van der Waals surface area contributed by atoms with Gasteiger partial charge in [0, 0.05) is 11.5 Å². The molecular weight excluding hydrogens is 264 g/mol. The van der Waals surface area contributed by atoms with E-state index < -0.39 is 12.3 Å². The summed E-state index contributed by atoms with van der Waals surface area (Å²) < 4.78 is 9.96. The van der Waals surface area contributed by atoms with Crippen LogP contribution in [0.4, 0.5) is 0 Å². The number of rotatable bonds is 7. The van der Waals surface area contributed by atoms with Crippen LogP contribution < -0.4 is 0 Å². The Hall–Kier alpha value is -2.39. The molecule has 1 heterocycles. The van der Waals surface area contributed by atoms with Crippen LogP contribution in [-0.4, -0.2) is 18.9 Å². The molecule has 1 aliphatic rings. The normalized spacial score (nSPS) is 18.6. The molecule has 0 spiro atoms. The Morgan fingerprint density at radius 1 is 1.33 bits per heavy atom. The number of carbonyl (C=O) groups is 1. The molecule has 2 rings (SSSR count). The molecule has 1 aliphatic heterocycles. The van der Waals surface area contributed by atoms with E-state index in [4.69, 9.17) is 9.47 Å². The van der Waals surface area contributed by atoms with E-state index >= 15 is 0 Å². The SMILES string of the molecule is C=CC=CC(C=Cc1ccccc1)C(=C)C(=O)OC1CO1. The molecule has 2 atom stereocenters. The Bertz CT molecular complexity index is 565. The van der Waals surface area contributed by atoms with E-state index in [0.29, 0.717) is 12.2 Å². The molecule has 1 aromatic carbocycles. The highest BCUT2D eigenvalue weighted by atomic mass is 16.8. The molecule has 3 nitrogen and oxygen atoms in total. The van der Waals surface area contributed by atoms with Crippen molar-refractivity contribution in [3.05, 3.63) is 78.9 Å². The lowest BCUT2D eigenvalue weighted by Crippen LogP contribution is -2.14. The molecule has 0 amide bonds. The minimum absolute atomic E-state index is 0.241. The molecule has 0 radical (unpaired) electrons. The van der Waals surface area contributed by atoms with Crippen LogP contribution in [0, 0.1) is 5.92 Å². The molecule has 0 aromatic heterocycles.